The van der Waals surface area contributed by atoms with Gasteiger partial charge in [0.15, 0.2) is 0 Å². The van der Waals surface area contributed by atoms with E-state index in [0.717, 1.165) is 5.75 Å². The second kappa shape index (κ2) is 16.8. The zero-order chi connectivity index (χ0) is 32.2. The number of hydrogen-bond donors (Lipinski definition) is 3. The number of carbonyl (C=O) groups is 4. The molecule has 1 heterocycles. The lowest BCUT2D eigenvalue weighted by Gasteiger charge is -2.26. The third kappa shape index (κ3) is 10.2. The second-order valence-electron chi connectivity index (χ2n) is 12.5. The second-order valence-corrected chi connectivity index (χ2v) is 12.5. The van der Waals surface area contributed by atoms with Crippen molar-refractivity contribution in [3.05, 3.63) is 59.7 Å². The van der Waals surface area contributed by atoms with Gasteiger partial charge < -0.3 is 30.3 Å². The van der Waals surface area contributed by atoms with Crippen molar-refractivity contribution in [3.63, 3.8) is 0 Å². The molecular weight excluding hydrogens is 572 g/mol. The Kier molecular flexibility index (Phi) is 12.7. The first kappa shape index (κ1) is 33.8. The summed E-state index contributed by atoms with van der Waals surface area (Å²) in [5, 5.41) is 8.47. The van der Waals surface area contributed by atoms with E-state index in [1.54, 1.807) is 31.3 Å². The lowest BCUT2D eigenvalue weighted by molar-refractivity contribution is -0.136. The van der Waals surface area contributed by atoms with E-state index in [2.05, 4.69) is 28.1 Å². The highest BCUT2D eigenvalue weighted by atomic mass is 16.5. The maximum absolute atomic E-state index is 13.3. The molecule has 1 aliphatic carbocycles. The number of hydrogen-bond acceptors (Lipinski definition) is 6. The van der Waals surface area contributed by atoms with Crippen LogP contribution in [0, 0.1) is 5.92 Å². The molecule has 3 N–H and O–H groups in total. The number of nitrogens with one attached hydrogen (secondary N) is 3. The van der Waals surface area contributed by atoms with Gasteiger partial charge >= 0.3 is 0 Å². The zero-order valence-corrected chi connectivity index (χ0v) is 26.8. The van der Waals surface area contributed by atoms with Gasteiger partial charge in [-0.05, 0) is 67.3 Å². The van der Waals surface area contributed by atoms with E-state index in [9.17, 15) is 19.2 Å². The molecular formula is C35H48N4O6. The van der Waals surface area contributed by atoms with Crippen molar-refractivity contribution in [3.8, 4) is 11.5 Å². The highest BCUT2D eigenvalue weighted by molar-refractivity contribution is 5.99. The molecule has 0 spiro atoms. The topological polar surface area (TPSA) is 126 Å². The first-order chi connectivity index (χ1) is 21.7. The Labute approximate surface area is 266 Å². The summed E-state index contributed by atoms with van der Waals surface area (Å²) in [5.41, 5.74) is 1.61. The number of nitrogens with zero attached hydrogens (tertiary/aromatic N) is 1. The molecule has 2 atom stereocenters. The number of para-hydroxylation sites is 1. The average Bonchev–Trinajstić information content (AvgIpc) is 3.04. The van der Waals surface area contributed by atoms with Crippen LogP contribution in [0.5, 0.6) is 11.5 Å². The van der Waals surface area contributed by atoms with E-state index in [1.165, 1.54) is 42.6 Å². The molecule has 0 unspecified atom stereocenters. The van der Waals surface area contributed by atoms with Crippen LogP contribution in [0.2, 0.25) is 0 Å². The average molecular weight is 621 g/mol. The molecule has 0 radical (unpaired) electrons. The molecule has 2 aromatic rings. The zero-order valence-electron chi connectivity index (χ0n) is 26.8. The fraction of sp³-hybridized carbons (Fsp3) is 0.543. The molecule has 10 heteroatoms. The SMILES string of the molecule is CC(C)C[C@@H]1NC(=O)CC[C@@H](C(=O)NCCOc2ccc(C3CCCCC3)cc2)NC(=O)c2ccccc2OCCN(C)C1=O. The van der Waals surface area contributed by atoms with Gasteiger partial charge in [-0.15, -0.1) is 0 Å². The van der Waals surface area contributed by atoms with E-state index < -0.39 is 23.9 Å². The maximum atomic E-state index is 13.3. The number of fused-ring (bicyclic) bond motifs is 1. The van der Waals surface area contributed by atoms with E-state index in [-0.39, 0.29) is 62.4 Å². The van der Waals surface area contributed by atoms with E-state index in [4.69, 9.17) is 9.47 Å². The highest BCUT2D eigenvalue weighted by Gasteiger charge is 2.28. The van der Waals surface area contributed by atoms with Crippen molar-refractivity contribution in [1.29, 1.82) is 0 Å². The molecule has 10 nitrogen and oxygen atoms in total. The molecule has 1 saturated carbocycles. The lowest BCUT2D eigenvalue weighted by atomic mass is 9.84. The third-order valence-corrected chi connectivity index (χ3v) is 8.44. The Balaban J connectivity index is 1.39. The summed E-state index contributed by atoms with van der Waals surface area (Å²) in [5.74, 6) is 0.387. The third-order valence-electron chi connectivity index (χ3n) is 8.44. The quantitative estimate of drug-likeness (QED) is 0.380. The minimum atomic E-state index is -0.988. The number of carbonyl (C=O) groups excluding carboxylic acids is 4. The Bertz CT molecular complexity index is 1290. The number of rotatable bonds is 8. The number of likely N-dealkylation sites (N-methyl/N-ethyl adjacent to an activating group) is 1. The van der Waals surface area contributed by atoms with Crippen molar-refractivity contribution in [2.24, 2.45) is 5.92 Å². The van der Waals surface area contributed by atoms with Crippen molar-refractivity contribution in [2.75, 3.05) is 33.4 Å². The summed E-state index contributed by atoms with van der Waals surface area (Å²) in [4.78, 5) is 54.3. The monoisotopic (exact) mass is 620 g/mol. The fourth-order valence-corrected chi connectivity index (χ4v) is 5.93. The van der Waals surface area contributed by atoms with Gasteiger partial charge in [-0.3, -0.25) is 19.2 Å². The van der Waals surface area contributed by atoms with Gasteiger partial charge in [0.25, 0.3) is 5.91 Å². The van der Waals surface area contributed by atoms with Crippen molar-refractivity contribution in [1.82, 2.24) is 20.9 Å². The molecule has 45 heavy (non-hydrogen) atoms. The number of benzene rings is 2. The summed E-state index contributed by atoms with van der Waals surface area (Å²) in [7, 11) is 1.67. The maximum Gasteiger partial charge on any atom is 0.255 e. The van der Waals surface area contributed by atoms with Gasteiger partial charge in [-0.2, -0.15) is 0 Å². The molecule has 0 aromatic heterocycles. The largest absolute Gasteiger partial charge is 0.492 e. The standard InChI is InChI=1S/C35H48N4O6/c1-24(2)23-30-35(43)39(3)20-22-45-31-12-8-7-11-28(31)33(41)38-29(17-18-32(40)37-30)34(42)36-19-21-44-27-15-13-26(14-16-27)25-9-5-4-6-10-25/h7-8,11-16,24-25,29-30H,4-6,9-10,17-23H2,1-3H3,(H,36,42)(H,37,40)(H,38,41)/t29-,30-/m0/s1. The van der Waals surface area contributed by atoms with Crippen LogP contribution in [-0.4, -0.2) is 74.0 Å². The minimum Gasteiger partial charge on any atom is -0.492 e. The van der Waals surface area contributed by atoms with Gasteiger partial charge in [0.1, 0.15) is 36.8 Å². The van der Waals surface area contributed by atoms with E-state index >= 15 is 0 Å². The van der Waals surface area contributed by atoms with Gasteiger partial charge in [-0.1, -0.05) is 57.4 Å². The van der Waals surface area contributed by atoms with Crippen LogP contribution in [0.3, 0.4) is 0 Å². The van der Waals surface area contributed by atoms with Gasteiger partial charge in [0.2, 0.25) is 17.7 Å². The first-order valence-corrected chi connectivity index (χ1v) is 16.3. The van der Waals surface area contributed by atoms with Crippen LogP contribution in [0.4, 0.5) is 0 Å². The van der Waals surface area contributed by atoms with Crippen LogP contribution in [-0.2, 0) is 14.4 Å². The number of ether oxygens (including phenoxy) is 2. The van der Waals surface area contributed by atoms with Crippen molar-refractivity contribution >= 4 is 23.6 Å². The van der Waals surface area contributed by atoms with Gasteiger partial charge in [-0.25, -0.2) is 0 Å². The predicted octanol–water partition coefficient (Wildman–Crippen LogP) is 4.19. The highest BCUT2D eigenvalue weighted by Crippen LogP contribution is 2.33. The molecule has 4 rings (SSSR count). The smallest absolute Gasteiger partial charge is 0.255 e. The molecule has 1 aliphatic heterocycles. The van der Waals surface area contributed by atoms with Gasteiger partial charge in [0, 0.05) is 13.5 Å². The van der Waals surface area contributed by atoms with Crippen LogP contribution < -0.4 is 25.4 Å². The Morgan fingerprint density at radius 1 is 1.00 bits per heavy atom. The fourth-order valence-electron chi connectivity index (χ4n) is 5.93. The van der Waals surface area contributed by atoms with Crippen molar-refractivity contribution < 1.29 is 28.7 Å². The van der Waals surface area contributed by atoms with Gasteiger partial charge in [0.05, 0.1) is 18.7 Å². The molecule has 1 fully saturated rings. The molecule has 0 saturated heterocycles. The summed E-state index contributed by atoms with van der Waals surface area (Å²) >= 11 is 0. The lowest BCUT2D eigenvalue weighted by Crippen LogP contribution is -2.50. The first-order valence-electron chi connectivity index (χ1n) is 16.3. The molecule has 0 bridgehead atoms. The van der Waals surface area contributed by atoms with E-state index in [0.29, 0.717) is 18.1 Å². The van der Waals surface area contributed by atoms with Crippen LogP contribution >= 0.6 is 0 Å². The minimum absolute atomic E-state index is 0.0497. The summed E-state index contributed by atoms with van der Waals surface area (Å²) in [6.07, 6.45) is 6.83. The van der Waals surface area contributed by atoms with Crippen LogP contribution in [0.1, 0.15) is 87.1 Å². The van der Waals surface area contributed by atoms with Crippen molar-refractivity contribution in [2.45, 2.75) is 83.2 Å². The van der Waals surface area contributed by atoms with E-state index in [1.807, 2.05) is 26.0 Å². The molecule has 2 aliphatic rings. The Morgan fingerprint density at radius 2 is 1.73 bits per heavy atom. The molecule has 4 amide bonds. The predicted molar refractivity (Wildman–Crippen MR) is 172 cm³/mol. The Hall–Kier alpha value is -4.08. The summed E-state index contributed by atoms with van der Waals surface area (Å²) in [6, 6.07) is 13.3. The Morgan fingerprint density at radius 3 is 2.47 bits per heavy atom. The number of amides is 4. The summed E-state index contributed by atoms with van der Waals surface area (Å²) < 4.78 is 11.8. The van der Waals surface area contributed by atoms with Crippen LogP contribution in [0.15, 0.2) is 48.5 Å². The molecule has 244 valence electrons. The normalized spacial score (nSPS) is 20.6. The molecule has 2 aromatic carbocycles. The van der Waals surface area contributed by atoms with Crippen LogP contribution in [0.25, 0.3) is 0 Å². The summed E-state index contributed by atoms with van der Waals surface area (Å²) in [6.45, 7) is 4.87.